The van der Waals surface area contributed by atoms with E-state index in [1.54, 1.807) is 12.1 Å². The number of nitrogens with one attached hydrogen (secondary N) is 1. The number of rotatable bonds is 3. The van der Waals surface area contributed by atoms with Gasteiger partial charge in [-0.3, -0.25) is 19.3 Å². The number of phenols is 1. The number of hydrogen-bond donors (Lipinski definition) is 2. The van der Waals surface area contributed by atoms with Crippen molar-refractivity contribution < 1.29 is 19.5 Å². The third kappa shape index (κ3) is 3.60. The van der Waals surface area contributed by atoms with Gasteiger partial charge in [-0.25, -0.2) is 0 Å². The third-order valence-corrected chi connectivity index (χ3v) is 3.88. The molecule has 2 N–H and O–H groups in total. The minimum atomic E-state index is -0.683. The topological polar surface area (TPSA) is 86.7 Å². The van der Waals surface area contributed by atoms with Crippen LogP contribution in [0.5, 0.6) is 5.75 Å². The van der Waals surface area contributed by atoms with E-state index in [1.807, 2.05) is 0 Å². The largest absolute Gasteiger partial charge is 0.508 e. The van der Waals surface area contributed by atoms with Crippen LogP contribution in [0, 0.1) is 0 Å². The monoisotopic (exact) mass is 354 g/mol. The first-order valence-electron chi connectivity index (χ1n) is 6.45. The van der Waals surface area contributed by atoms with E-state index in [2.05, 4.69) is 21.2 Å². The first kappa shape index (κ1) is 15.5. The van der Waals surface area contributed by atoms with Gasteiger partial charge in [0.2, 0.25) is 11.8 Å². The van der Waals surface area contributed by atoms with Gasteiger partial charge in [-0.1, -0.05) is 22.0 Å². The first-order valence-corrected chi connectivity index (χ1v) is 7.25. The van der Waals surface area contributed by atoms with E-state index in [9.17, 15) is 19.5 Å². The lowest BCUT2D eigenvalue weighted by atomic mass is 10.0. The summed E-state index contributed by atoms with van der Waals surface area (Å²) >= 11 is 3.22. The van der Waals surface area contributed by atoms with Crippen LogP contribution in [0.4, 0.5) is 0 Å². The third-order valence-electron chi connectivity index (χ3n) is 3.38. The summed E-state index contributed by atoms with van der Waals surface area (Å²) in [6, 6.07) is 4.18. The van der Waals surface area contributed by atoms with Gasteiger partial charge in [0.1, 0.15) is 11.8 Å². The molecule has 0 saturated carbocycles. The highest BCUT2D eigenvalue weighted by Crippen LogP contribution is 2.22. The Kier molecular flexibility index (Phi) is 4.62. The maximum Gasteiger partial charge on any atom is 0.251 e. The lowest BCUT2D eigenvalue weighted by Crippen LogP contribution is -2.53. The minimum absolute atomic E-state index is 0.0155. The Morgan fingerprint density at radius 1 is 1.48 bits per heavy atom. The lowest BCUT2D eigenvalue weighted by Gasteiger charge is -2.28. The Morgan fingerprint density at radius 3 is 2.86 bits per heavy atom. The van der Waals surface area contributed by atoms with Gasteiger partial charge in [0.25, 0.3) is 5.91 Å². The van der Waals surface area contributed by atoms with Gasteiger partial charge in [-0.2, -0.15) is 0 Å². The van der Waals surface area contributed by atoms with Crippen molar-refractivity contribution in [2.45, 2.75) is 25.3 Å². The Balaban J connectivity index is 1.99. The summed E-state index contributed by atoms with van der Waals surface area (Å²) in [5.74, 6) is -0.994. The van der Waals surface area contributed by atoms with Crippen LogP contribution in [0.15, 0.2) is 22.7 Å². The molecule has 0 bridgehead atoms. The van der Waals surface area contributed by atoms with Crippen molar-refractivity contribution in [1.29, 1.82) is 0 Å². The van der Waals surface area contributed by atoms with Crippen LogP contribution in [-0.4, -0.2) is 40.8 Å². The fourth-order valence-electron chi connectivity index (χ4n) is 2.15. The number of carbonyl (C=O) groups excluding carboxylic acids is 3. The number of halogens is 1. The molecule has 1 fully saturated rings. The normalized spacial score (nSPS) is 18.8. The van der Waals surface area contributed by atoms with Gasteiger partial charge in [0, 0.05) is 23.5 Å². The Labute approximate surface area is 130 Å². The number of piperidine rings is 1. The zero-order valence-electron chi connectivity index (χ0n) is 11.4. The van der Waals surface area contributed by atoms with Gasteiger partial charge in [0.05, 0.1) is 6.42 Å². The number of likely N-dealkylation sites (tertiary alicyclic amines) is 1. The second kappa shape index (κ2) is 6.26. The molecule has 1 aliphatic rings. The molecule has 1 atom stereocenters. The first-order chi connectivity index (χ1) is 9.88. The predicted octanol–water partition coefficient (Wildman–Crippen LogP) is 0.961. The summed E-state index contributed by atoms with van der Waals surface area (Å²) < 4.78 is 0.715. The highest BCUT2D eigenvalue weighted by atomic mass is 79.9. The molecule has 112 valence electrons. The quantitative estimate of drug-likeness (QED) is 0.791. The van der Waals surface area contributed by atoms with Crippen molar-refractivity contribution in [3.05, 3.63) is 28.2 Å². The highest BCUT2D eigenvalue weighted by molar-refractivity contribution is 9.10. The van der Waals surface area contributed by atoms with E-state index in [1.165, 1.54) is 13.1 Å². The van der Waals surface area contributed by atoms with Gasteiger partial charge >= 0.3 is 0 Å². The number of aromatic hydroxyl groups is 1. The SMILES string of the molecule is CN1C(=O)CCC(NC(=O)Cc2ccc(Br)cc2O)C1=O. The Bertz CT molecular complexity index is 603. The summed E-state index contributed by atoms with van der Waals surface area (Å²) in [7, 11) is 1.41. The standard InChI is InChI=1S/C14H15BrN2O4/c1-17-13(20)5-4-10(14(17)21)16-12(19)6-8-2-3-9(15)7-11(8)18/h2-3,7,10,18H,4-6H2,1H3,(H,16,19). The molecular weight excluding hydrogens is 340 g/mol. The average molecular weight is 355 g/mol. The maximum absolute atomic E-state index is 12.0. The predicted molar refractivity (Wildman–Crippen MR) is 78.5 cm³/mol. The van der Waals surface area contributed by atoms with Crippen LogP contribution >= 0.6 is 15.9 Å². The molecule has 2 rings (SSSR count). The van der Waals surface area contributed by atoms with E-state index < -0.39 is 11.9 Å². The summed E-state index contributed by atoms with van der Waals surface area (Å²) in [6.07, 6.45) is 0.511. The van der Waals surface area contributed by atoms with E-state index >= 15 is 0 Å². The van der Waals surface area contributed by atoms with Gasteiger partial charge in [-0.15, -0.1) is 0 Å². The second-order valence-corrected chi connectivity index (χ2v) is 5.82. The Morgan fingerprint density at radius 2 is 2.19 bits per heavy atom. The molecule has 1 saturated heterocycles. The van der Waals surface area contributed by atoms with Crippen LogP contribution in [0.1, 0.15) is 18.4 Å². The number of benzene rings is 1. The number of imide groups is 1. The number of phenolic OH excluding ortho intramolecular Hbond substituents is 1. The number of hydrogen-bond acceptors (Lipinski definition) is 4. The number of nitrogens with zero attached hydrogens (tertiary/aromatic N) is 1. The Hall–Kier alpha value is -1.89. The van der Waals surface area contributed by atoms with Crippen LogP contribution in [0.3, 0.4) is 0 Å². The molecule has 0 aliphatic carbocycles. The fourth-order valence-corrected chi connectivity index (χ4v) is 2.50. The molecule has 1 aromatic rings. The van der Waals surface area contributed by atoms with Crippen molar-refractivity contribution >= 4 is 33.7 Å². The lowest BCUT2D eigenvalue weighted by molar-refractivity contribution is -0.149. The number of amides is 3. The van der Waals surface area contributed by atoms with Crippen LogP contribution in [-0.2, 0) is 20.8 Å². The molecule has 0 radical (unpaired) electrons. The van der Waals surface area contributed by atoms with Crippen molar-refractivity contribution in [3.8, 4) is 5.75 Å². The zero-order valence-corrected chi connectivity index (χ0v) is 13.0. The van der Waals surface area contributed by atoms with E-state index in [0.717, 1.165) is 4.90 Å². The summed E-state index contributed by atoms with van der Waals surface area (Å²) in [6.45, 7) is 0. The zero-order chi connectivity index (χ0) is 15.6. The van der Waals surface area contributed by atoms with Crippen molar-refractivity contribution in [3.63, 3.8) is 0 Å². The van der Waals surface area contributed by atoms with Gasteiger partial charge < -0.3 is 10.4 Å². The summed E-state index contributed by atoms with van der Waals surface area (Å²) in [4.78, 5) is 36.2. The smallest absolute Gasteiger partial charge is 0.251 e. The molecule has 3 amide bonds. The molecule has 0 aromatic heterocycles. The summed E-state index contributed by atoms with van der Waals surface area (Å²) in [5, 5.41) is 12.3. The van der Waals surface area contributed by atoms with E-state index in [0.29, 0.717) is 16.5 Å². The summed E-state index contributed by atoms with van der Waals surface area (Å²) in [5.41, 5.74) is 0.475. The molecule has 7 heteroatoms. The van der Waals surface area contributed by atoms with E-state index in [-0.39, 0.29) is 30.4 Å². The average Bonchev–Trinajstić information content (AvgIpc) is 2.43. The number of carbonyl (C=O) groups is 3. The molecule has 1 heterocycles. The highest BCUT2D eigenvalue weighted by Gasteiger charge is 2.32. The second-order valence-electron chi connectivity index (χ2n) is 4.90. The molecule has 6 nitrogen and oxygen atoms in total. The van der Waals surface area contributed by atoms with Gasteiger partial charge in [0.15, 0.2) is 0 Å². The molecule has 1 aliphatic heterocycles. The van der Waals surface area contributed by atoms with Crippen LogP contribution in [0.25, 0.3) is 0 Å². The van der Waals surface area contributed by atoms with Crippen molar-refractivity contribution in [2.75, 3.05) is 7.05 Å². The molecule has 21 heavy (non-hydrogen) atoms. The van der Waals surface area contributed by atoms with Crippen molar-refractivity contribution in [1.82, 2.24) is 10.2 Å². The molecular formula is C14H15BrN2O4. The van der Waals surface area contributed by atoms with Gasteiger partial charge in [-0.05, 0) is 18.6 Å². The minimum Gasteiger partial charge on any atom is -0.508 e. The van der Waals surface area contributed by atoms with Crippen LogP contribution < -0.4 is 5.32 Å². The maximum atomic E-state index is 12.0. The van der Waals surface area contributed by atoms with Crippen LogP contribution in [0.2, 0.25) is 0 Å². The molecule has 0 spiro atoms. The number of likely N-dealkylation sites (N-methyl/N-ethyl adjacent to an activating group) is 1. The molecule has 1 aromatic carbocycles. The molecule has 1 unspecified atom stereocenters. The van der Waals surface area contributed by atoms with Crippen molar-refractivity contribution in [2.24, 2.45) is 0 Å². The fraction of sp³-hybridized carbons (Fsp3) is 0.357. The van der Waals surface area contributed by atoms with E-state index in [4.69, 9.17) is 0 Å².